The van der Waals surface area contributed by atoms with Gasteiger partial charge in [-0.05, 0) is 53.2 Å². The number of aliphatic hydroxyl groups excluding tert-OH is 1. The number of hydrogen-bond acceptors (Lipinski definition) is 5. The Balaban J connectivity index is 2.29. The lowest BCUT2D eigenvalue weighted by molar-refractivity contribution is 0.0515. The van der Waals surface area contributed by atoms with Crippen molar-refractivity contribution in [1.29, 1.82) is 0 Å². The van der Waals surface area contributed by atoms with Crippen molar-refractivity contribution < 1.29 is 14.6 Å². The molecule has 1 aromatic carbocycles. The Labute approximate surface area is 172 Å². The van der Waals surface area contributed by atoms with E-state index in [0.29, 0.717) is 27.0 Å². The molecule has 3 rings (SSSR count). The van der Waals surface area contributed by atoms with E-state index in [4.69, 9.17) is 27.9 Å². The van der Waals surface area contributed by atoms with Gasteiger partial charge in [-0.15, -0.1) is 11.3 Å². The molecule has 5 nitrogen and oxygen atoms in total. The first-order valence-electron chi connectivity index (χ1n) is 7.57. The number of ether oxygens (including phenoxy) is 1. The predicted molar refractivity (Wildman–Crippen MR) is 106 cm³/mol. The van der Waals surface area contributed by atoms with Crippen LogP contribution in [0.1, 0.15) is 23.0 Å². The average molecular weight is 476 g/mol. The van der Waals surface area contributed by atoms with Gasteiger partial charge in [-0.2, -0.15) is 5.10 Å². The van der Waals surface area contributed by atoms with Crippen LogP contribution in [-0.2, 0) is 11.3 Å². The maximum atomic E-state index is 12.3. The minimum absolute atomic E-state index is 0.0555. The standard InChI is InChI=1S/C17H13BrCl2N2O3S/c1-2-25-17(24)15-10(8-23)16(13-5-6-14(18)26-13)22(21-15)12-4-3-9(19)7-11(12)20/h3-7,23H,2,8H2,1H3. The van der Waals surface area contributed by atoms with Gasteiger partial charge in [-0.1, -0.05) is 23.2 Å². The van der Waals surface area contributed by atoms with Gasteiger partial charge in [0, 0.05) is 10.6 Å². The largest absolute Gasteiger partial charge is 0.461 e. The van der Waals surface area contributed by atoms with Crippen LogP contribution in [0, 0.1) is 0 Å². The first-order chi connectivity index (χ1) is 12.5. The summed E-state index contributed by atoms with van der Waals surface area (Å²) in [5.41, 5.74) is 1.56. The number of benzene rings is 1. The number of carbonyl (C=O) groups excluding carboxylic acids is 1. The van der Waals surface area contributed by atoms with Crippen molar-refractivity contribution in [2.24, 2.45) is 0 Å². The first kappa shape index (κ1) is 19.4. The number of rotatable bonds is 5. The van der Waals surface area contributed by atoms with Crippen molar-refractivity contribution in [3.8, 4) is 16.3 Å². The Hall–Kier alpha value is -1.38. The molecule has 2 heterocycles. The van der Waals surface area contributed by atoms with Crippen LogP contribution in [0.15, 0.2) is 34.1 Å². The highest BCUT2D eigenvalue weighted by molar-refractivity contribution is 9.11. The molecule has 0 saturated heterocycles. The summed E-state index contributed by atoms with van der Waals surface area (Å²) >= 11 is 17.2. The third-order valence-electron chi connectivity index (χ3n) is 3.55. The molecule has 0 bridgehead atoms. The molecule has 136 valence electrons. The predicted octanol–water partition coefficient (Wildman–Crippen LogP) is 5.34. The number of aromatic nitrogens is 2. The molecule has 2 aromatic heterocycles. The van der Waals surface area contributed by atoms with E-state index < -0.39 is 5.97 Å². The van der Waals surface area contributed by atoms with Crippen LogP contribution in [0.2, 0.25) is 10.0 Å². The quantitative estimate of drug-likeness (QED) is 0.506. The fourth-order valence-corrected chi connectivity index (χ4v) is 4.42. The van der Waals surface area contributed by atoms with Gasteiger partial charge in [-0.3, -0.25) is 0 Å². The zero-order valence-electron chi connectivity index (χ0n) is 13.5. The van der Waals surface area contributed by atoms with Gasteiger partial charge < -0.3 is 9.84 Å². The van der Waals surface area contributed by atoms with Crippen LogP contribution in [0.25, 0.3) is 16.3 Å². The van der Waals surface area contributed by atoms with Crippen molar-refractivity contribution in [2.45, 2.75) is 13.5 Å². The molecule has 3 aromatic rings. The third kappa shape index (κ3) is 3.68. The smallest absolute Gasteiger partial charge is 0.359 e. The average Bonchev–Trinajstić information content (AvgIpc) is 3.18. The fraction of sp³-hybridized carbons (Fsp3) is 0.176. The second-order valence-electron chi connectivity index (χ2n) is 5.17. The molecular weight excluding hydrogens is 463 g/mol. The van der Waals surface area contributed by atoms with Gasteiger partial charge in [0.2, 0.25) is 0 Å². The minimum Gasteiger partial charge on any atom is -0.461 e. The number of halogens is 3. The van der Waals surface area contributed by atoms with E-state index >= 15 is 0 Å². The van der Waals surface area contributed by atoms with Crippen molar-refractivity contribution in [2.75, 3.05) is 6.61 Å². The van der Waals surface area contributed by atoms with Gasteiger partial charge in [0.05, 0.1) is 38.3 Å². The summed E-state index contributed by atoms with van der Waals surface area (Å²) in [5, 5.41) is 15.2. The highest BCUT2D eigenvalue weighted by Crippen LogP contribution is 2.38. The molecule has 0 amide bonds. The zero-order valence-corrected chi connectivity index (χ0v) is 17.4. The monoisotopic (exact) mass is 474 g/mol. The highest BCUT2D eigenvalue weighted by atomic mass is 79.9. The van der Waals surface area contributed by atoms with Crippen molar-refractivity contribution in [3.63, 3.8) is 0 Å². The Bertz CT molecular complexity index is 971. The number of hydrogen-bond donors (Lipinski definition) is 1. The molecule has 0 aliphatic rings. The van der Waals surface area contributed by atoms with Crippen LogP contribution in [0.4, 0.5) is 0 Å². The molecule has 0 saturated carbocycles. The molecule has 0 aliphatic heterocycles. The lowest BCUT2D eigenvalue weighted by Gasteiger charge is -2.09. The van der Waals surface area contributed by atoms with Gasteiger partial charge in [0.1, 0.15) is 0 Å². The number of esters is 1. The van der Waals surface area contributed by atoms with Crippen molar-refractivity contribution in [1.82, 2.24) is 9.78 Å². The number of thiophene rings is 1. The maximum absolute atomic E-state index is 12.3. The number of aliphatic hydroxyl groups is 1. The second kappa shape index (κ2) is 8.10. The van der Waals surface area contributed by atoms with Crippen LogP contribution >= 0.6 is 50.5 Å². The second-order valence-corrected chi connectivity index (χ2v) is 8.47. The van der Waals surface area contributed by atoms with E-state index in [2.05, 4.69) is 21.0 Å². The SMILES string of the molecule is CCOC(=O)c1nn(-c2ccc(Cl)cc2Cl)c(-c2ccc(Br)s2)c1CO. The Kier molecular flexibility index (Phi) is 6.04. The molecule has 1 N–H and O–H groups in total. The van der Waals surface area contributed by atoms with Crippen molar-refractivity contribution in [3.05, 3.63) is 55.4 Å². The van der Waals surface area contributed by atoms with Crippen LogP contribution < -0.4 is 0 Å². The maximum Gasteiger partial charge on any atom is 0.359 e. The van der Waals surface area contributed by atoms with E-state index in [9.17, 15) is 9.90 Å². The highest BCUT2D eigenvalue weighted by Gasteiger charge is 2.26. The van der Waals surface area contributed by atoms with E-state index in [1.54, 1.807) is 25.1 Å². The van der Waals surface area contributed by atoms with Crippen molar-refractivity contribution >= 4 is 56.4 Å². The molecule has 0 aliphatic carbocycles. The van der Waals surface area contributed by atoms with E-state index in [0.717, 1.165) is 8.66 Å². The summed E-state index contributed by atoms with van der Waals surface area (Å²) in [6, 6.07) is 8.74. The molecule has 0 spiro atoms. The zero-order chi connectivity index (χ0) is 18.8. The van der Waals surface area contributed by atoms with E-state index in [-0.39, 0.29) is 18.9 Å². The summed E-state index contributed by atoms with van der Waals surface area (Å²) in [7, 11) is 0. The Morgan fingerprint density at radius 1 is 1.35 bits per heavy atom. The van der Waals surface area contributed by atoms with E-state index in [1.807, 2.05) is 12.1 Å². The van der Waals surface area contributed by atoms with Gasteiger partial charge >= 0.3 is 5.97 Å². The third-order valence-corrected chi connectivity index (χ3v) is 5.72. The Morgan fingerprint density at radius 2 is 2.12 bits per heavy atom. The van der Waals surface area contributed by atoms with Gasteiger partial charge in [0.15, 0.2) is 5.69 Å². The molecule has 26 heavy (non-hydrogen) atoms. The minimum atomic E-state index is -0.600. The summed E-state index contributed by atoms with van der Waals surface area (Å²) in [6.45, 7) is 1.54. The molecular formula is C17H13BrCl2N2O3S. The lowest BCUT2D eigenvalue weighted by atomic mass is 10.1. The van der Waals surface area contributed by atoms with Crippen LogP contribution in [0.5, 0.6) is 0 Å². The molecule has 9 heteroatoms. The summed E-state index contributed by atoms with van der Waals surface area (Å²) < 4.78 is 7.52. The molecule has 0 unspecified atom stereocenters. The molecule has 0 radical (unpaired) electrons. The number of nitrogens with zero attached hydrogens (tertiary/aromatic N) is 2. The lowest BCUT2D eigenvalue weighted by Crippen LogP contribution is -2.08. The normalized spacial score (nSPS) is 11.0. The Morgan fingerprint density at radius 3 is 2.69 bits per heavy atom. The summed E-state index contributed by atoms with van der Waals surface area (Å²) in [6.07, 6.45) is 0. The van der Waals surface area contributed by atoms with Crippen LogP contribution in [0.3, 0.4) is 0 Å². The summed E-state index contributed by atoms with van der Waals surface area (Å²) in [5.74, 6) is -0.600. The van der Waals surface area contributed by atoms with Crippen LogP contribution in [-0.4, -0.2) is 27.5 Å². The van der Waals surface area contributed by atoms with Gasteiger partial charge in [0.25, 0.3) is 0 Å². The van der Waals surface area contributed by atoms with E-state index in [1.165, 1.54) is 16.0 Å². The van der Waals surface area contributed by atoms with Gasteiger partial charge in [-0.25, -0.2) is 9.48 Å². The topological polar surface area (TPSA) is 64.3 Å². The molecule has 0 fully saturated rings. The fourth-order valence-electron chi connectivity index (χ4n) is 2.49. The number of carbonyl (C=O) groups is 1. The summed E-state index contributed by atoms with van der Waals surface area (Å²) in [4.78, 5) is 13.1. The first-order valence-corrected chi connectivity index (χ1v) is 9.93. The molecule has 0 atom stereocenters.